The van der Waals surface area contributed by atoms with Gasteiger partial charge in [-0.25, -0.2) is 4.79 Å². The average Bonchev–Trinajstić information content (AvgIpc) is 3.04. The number of para-hydroxylation sites is 1. The molecule has 3 rings (SSSR count). The third kappa shape index (κ3) is 3.66. The molecule has 9 heteroatoms. The molecule has 0 unspecified atom stereocenters. The van der Waals surface area contributed by atoms with Crippen LogP contribution in [0, 0.1) is 12.3 Å². The number of hydrogen-bond donors (Lipinski definition) is 2. The van der Waals surface area contributed by atoms with Crippen LogP contribution in [0.4, 0.5) is 5.69 Å². The van der Waals surface area contributed by atoms with Gasteiger partial charge in [-0.1, -0.05) is 12.0 Å². The van der Waals surface area contributed by atoms with E-state index < -0.39 is 17.5 Å². The molecule has 0 atom stereocenters. The molecule has 2 N–H and O–H groups in total. The number of benzene rings is 2. The van der Waals surface area contributed by atoms with Crippen LogP contribution in [0.1, 0.15) is 26.5 Å². The summed E-state index contributed by atoms with van der Waals surface area (Å²) in [6, 6.07) is 10.9. The molecule has 0 saturated heterocycles. The van der Waals surface area contributed by atoms with E-state index in [1.807, 2.05) is 0 Å². The molecule has 9 nitrogen and oxygen atoms in total. The maximum Gasteiger partial charge on any atom is 0.350 e. The van der Waals surface area contributed by atoms with Crippen LogP contribution in [-0.2, 0) is 7.05 Å². The highest BCUT2D eigenvalue weighted by Crippen LogP contribution is 2.28. The Kier molecular flexibility index (Phi) is 5.42. The maximum absolute atomic E-state index is 12.7. The molecule has 0 aliphatic heterocycles. The molecule has 2 aromatic carbocycles. The highest BCUT2D eigenvalue weighted by Gasteiger charge is 2.21. The second-order valence-corrected chi connectivity index (χ2v) is 6.62. The smallest absolute Gasteiger partial charge is 0.350 e. The Labute approximate surface area is 172 Å². The topological polar surface area (TPSA) is 109 Å². The van der Waals surface area contributed by atoms with Crippen molar-refractivity contribution in [1.29, 1.82) is 0 Å². The van der Waals surface area contributed by atoms with Crippen molar-refractivity contribution in [2.75, 3.05) is 19.4 Å². The summed E-state index contributed by atoms with van der Waals surface area (Å²) in [5.74, 6) is 0.783. The minimum Gasteiger partial charge on any atom is -0.505 e. The van der Waals surface area contributed by atoms with Gasteiger partial charge < -0.3 is 15.3 Å². The largest absolute Gasteiger partial charge is 0.505 e. The summed E-state index contributed by atoms with van der Waals surface area (Å²) in [5.41, 5.74) is 0.603. The number of carbonyl (C=O) groups excluding carboxylic acids is 2. The maximum atomic E-state index is 12.7. The molecular weight excluding hydrogens is 386 g/mol. The molecule has 0 bridgehead atoms. The van der Waals surface area contributed by atoms with Crippen LogP contribution in [0.5, 0.6) is 5.75 Å². The van der Waals surface area contributed by atoms with Crippen molar-refractivity contribution in [1.82, 2.24) is 19.2 Å². The van der Waals surface area contributed by atoms with Crippen molar-refractivity contribution in [2.45, 2.75) is 0 Å². The van der Waals surface area contributed by atoms with Gasteiger partial charge in [0.25, 0.3) is 11.8 Å². The van der Waals surface area contributed by atoms with Crippen molar-refractivity contribution >= 4 is 17.5 Å². The van der Waals surface area contributed by atoms with Crippen molar-refractivity contribution in [3.8, 4) is 23.8 Å². The number of rotatable bonds is 4. The van der Waals surface area contributed by atoms with E-state index in [9.17, 15) is 19.5 Å². The fourth-order valence-corrected chi connectivity index (χ4v) is 2.74. The lowest BCUT2D eigenvalue weighted by Gasteiger charge is -2.14. The lowest BCUT2D eigenvalue weighted by molar-refractivity contribution is 0.0824. The standard InChI is InChI=1S/C21H19N5O4/c1-5-13-9-11-14(12-10-13)26-21(30)25(4)18(23-26)19(28)22-16-8-6-7-15(17(16)27)20(29)24(2)3/h1,6-12,27H,2-4H3,(H,22,28). The Hall–Kier alpha value is -4.32. The van der Waals surface area contributed by atoms with E-state index in [1.165, 1.54) is 30.1 Å². The highest BCUT2D eigenvalue weighted by molar-refractivity contribution is 6.05. The van der Waals surface area contributed by atoms with Crippen LogP contribution in [0.2, 0.25) is 0 Å². The molecule has 1 heterocycles. The van der Waals surface area contributed by atoms with E-state index in [0.717, 1.165) is 9.25 Å². The zero-order valence-corrected chi connectivity index (χ0v) is 16.6. The predicted molar refractivity (Wildman–Crippen MR) is 111 cm³/mol. The lowest BCUT2D eigenvalue weighted by atomic mass is 10.1. The van der Waals surface area contributed by atoms with Gasteiger partial charge in [-0.2, -0.15) is 4.68 Å². The minimum absolute atomic E-state index is 0.0214. The Morgan fingerprint density at radius 3 is 2.43 bits per heavy atom. The van der Waals surface area contributed by atoms with Crippen LogP contribution >= 0.6 is 0 Å². The number of phenols is 1. The number of anilines is 1. The van der Waals surface area contributed by atoms with Crippen molar-refractivity contribution in [2.24, 2.45) is 7.05 Å². The summed E-state index contributed by atoms with van der Waals surface area (Å²) < 4.78 is 2.15. The van der Waals surface area contributed by atoms with Gasteiger partial charge in [-0.05, 0) is 36.4 Å². The van der Waals surface area contributed by atoms with Gasteiger partial charge in [0.2, 0.25) is 5.82 Å². The summed E-state index contributed by atoms with van der Waals surface area (Å²) in [4.78, 5) is 38.7. The third-order valence-electron chi connectivity index (χ3n) is 4.38. The Morgan fingerprint density at radius 1 is 1.17 bits per heavy atom. The second-order valence-electron chi connectivity index (χ2n) is 6.62. The van der Waals surface area contributed by atoms with Crippen molar-refractivity contribution in [3.63, 3.8) is 0 Å². The first-order valence-corrected chi connectivity index (χ1v) is 8.82. The monoisotopic (exact) mass is 405 g/mol. The van der Waals surface area contributed by atoms with E-state index in [2.05, 4.69) is 16.3 Å². The molecule has 2 amide bonds. The number of terminal acetylenes is 1. The molecule has 30 heavy (non-hydrogen) atoms. The van der Waals surface area contributed by atoms with Crippen LogP contribution in [0.25, 0.3) is 5.69 Å². The van der Waals surface area contributed by atoms with Gasteiger partial charge in [0, 0.05) is 26.7 Å². The molecule has 3 aromatic rings. The van der Waals surface area contributed by atoms with Crippen molar-refractivity contribution in [3.05, 3.63) is 69.9 Å². The zero-order chi connectivity index (χ0) is 22.0. The normalized spacial score (nSPS) is 10.3. The molecular formula is C21H19N5O4. The van der Waals surface area contributed by atoms with Gasteiger partial charge in [0.1, 0.15) is 0 Å². The molecule has 0 fully saturated rings. The number of phenolic OH excluding ortho intramolecular Hbond substituents is 1. The number of aromatic nitrogens is 3. The summed E-state index contributed by atoms with van der Waals surface area (Å²) >= 11 is 0. The Balaban J connectivity index is 1.94. The van der Waals surface area contributed by atoms with Gasteiger partial charge in [-0.15, -0.1) is 11.5 Å². The average molecular weight is 405 g/mol. The zero-order valence-electron chi connectivity index (χ0n) is 16.6. The molecule has 152 valence electrons. The van der Waals surface area contributed by atoms with Gasteiger partial charge in [0.15, 0.2) is 5.75 Å². The first-order valence-electron chi connectivity index (χ1n) is 8.82. The van der Waals surface area contributed by atoms with Gasteiger partial charge in [0.05, 0.1) is 16.9 Å². The van der Waals surface area contributed by atoms with E-state index in [1.54, 1.807) is 38.4 Å². The molecule has 0 spiro atoms. The molecule has 0 saturated carbocycles. The molecule has 0 radical (unpaired) electrons. The molecule has 1 aromatic heterocycles. The number of aromatic hydroxyl groups is 1. The van der Waals surface area contributed by atoms with Gasteiger partial charge >= 0.3 is 5.69 Å². The van der Waals surface area contributed by atoms with Crippen LogP contribution < -0.4 is 11.0 Å². The first kappa shape index (κ1) is 20.4. The number of amides is 2. The number of carbonyl (C=O) groups is 2. The number of nitrogens with zero attached hydrogens (tertiary/aromatic N) is 4. The fraction of sp³-hybridized carbons (Fsp3) is 0.143. The summed E-state index contributed by atoms with van der Waals surface area (Å²) in [6.07, 6.45) is 5.33. The predicted octanol–water partition coefficient (Wildman–Crippen LogP) is 1.21. The van der Waals surface area contributed by atoms with Crippen LogP contribution in [0.15, 0.2) is 47.3 Å². The summed E-state index contributed by atoms with van der Waals surface area (Å²) in [6.45, 7) is 0. The summed E-state index contributed by atoms with van der Waals surface area (Å²) in [5, 5.41) is 17.0. The molecule has 0 aliphatic rings. The highest BCUT2D eigenvalue weighted by atomic mass is 16.3. The lowest BCUT2D eigenvalue weighted by Crippen LogP contribution is -2.24. The Bertz CT molecular complexity index is 1230. The van der Waals surface area contributed by atoms with Crippen LogP contribution in [0.3, 0.4) is 0 Å². The number of hydrogen-bond acceptors (Lipinski definition) is 5. The SMILES string of the molecule is C#Cc1ccc(-n2nc(C(=O)Nc3cccc(C(=O)N(C)C)c3O)n(C)c2=O)cc1. The first-order chi connectivity index (χ1) is 14.2. The van der Waals surface area contributed by atoms with E-state index in [-0.39, 0.29) is 22.8 Å². The van der Waals surface area contributed by atoms with E-state index >= 15 is 0 Å². The minimum atomic E-state index is -0.724. The van der Waals surface area contributed by atoms with Crippen LogP contribution in [-0.4, -0.2) is 50.3 Å². The van der Waals surface area contributed by atoms with E-state index in [0.29, 0.717) is 11.3 Å². The Morgan fingerprint density at radius 2 is 1.83 bits per heavy atom. The second kappa shape index (κ2) is 7.97. The third-order valence-corrected chi connectivity index (χ3v) is 4.38. The number of nitrogens with one attached hydrogen (secondary N) is 1. The van der Waals surface area contributed by atoms with Crippen molar-refractivity contribution < 1.29 is 14.7 Å². The van der Waals surface area contributed by atoms with E-state index in [4.69, 9.17) is 6.42 Å². The van der Waals surface area contributed by atoms with Gasteiger partial charge in [-0.3, -0.25) is 14.2 Å². The molecule has 0 aliphatic carbocycles. The fourth-order valence-electron chi connectivity index (χ4n) is 2.74. The quantitative estimate of drug-likeness (QED) is 0.501. The summed E-state index contributed by atoms with van der Waals surface area (Å²) in [7, 11) is 4.50.